The summed E-state index contributed by atoms with van der Waals surface area (Å²) >= 11 is 5.77. The van der Waals surface area contributed by atoms with E-state index in [0.29, 0.717) is 0 Å². The SMILES string of the molecule is Cc1cc([C@@H]2[C@H](c3ccccn3)NC(=S)N2CCN(C)C)c(C)n1-c1cccc(C(=O)O)c1. The van der Waals surface area contributed by atoms with Crippen molar-refractivity contribution < 1.29 is 9.90 Å². The number of carboxylic acid groups (broad SMARTS) is 1. The van der Waals surface area contributed by atoms with Gasteiger partial charge in [0.1, 0.15) is 0 Å². The van der Waals surface area contributed by atoms with Crippen molar-refractivity contribution in [3.05, 3.63) is 82.9 Å². The number of nitrogens with zero attached hydrogens (tertiary/aromatic N) is 4. The summed E-state index contributed by atoms with van der Waals surface area (Å²) in [4.78, 5) is 20.5. The molecule has 0 saturated carbocycles. The second kappa shape index (κ2) is 9.33. The Hall–Kier alpha value is -3.23. The molecular weight excluding hydrogens is 434 g/mol. The second-order valence-electron chi connectivity index (χ2n) is 8.64. The first-order chi connectivity index (χ1) is 15.8. The van der Waals surface area contributed by atoms with Gasteiger partial charge in [0, 0.05) is 36.4 Å². The molecule has 33 heavy (non-hydrogen) atoms. The van der Waals surface area contributed by atoms with Crippen molar-refractivity contribution in [1.29, 1.82) is 0 Å². The van der Waals surface area contributed by atoms with Crippen LogP contribution in [0.5, 0.6) is 0 Å². The first-order valence-electron chi connectivity index (χ1n) is 10.9. The molecule has 2 N–H and O–H groups in total. The van der Waals surface area contributed by atoms with Crippen LogP contribution in [0.4, 0.5) is 0 Å². The number of carbonyl (C=O) groups is 1. The molecule has 172 valence electrons. The number of aromatic nitrogens is 2. The number of likely N-dealkylation sites (N-methyl/N-ethyl adjacent to an activating group) is 1. The Kier molecular flexibility index (Phi) is 6.49. The van der Waals surface area contributed by atoms with Crippen molar-refractivity contribution in [3.8, 4) is 5.69 Å². The van der Waals surface area contributed by atoms with Gasteiger partial charge in [-0.1, -0.05) is 12.1 Å². The molecule has 1 aromatic carbocycles. The van der Waals surface area contributed by atoms with Crippen LogP contribution >= 0.6 is 12.2 Å². The molecule has 1 fully saturated rings. The summed E-state index contributed by atoms with van der Waals surface area (Å²) < 4.78 is 2.11. The fraction of sp³-hybridized carbons (Fsp3) is 0.320. The third-order valence-corrected chi connectivity index (χ3v) is 6.48. The first kappa shape index (κ1) is 22.9. The molecule has 1 aliphatic rings. The fourth-order valence-corrected chi connectivity index (χ4v) is 4.89. The molecule has 0 aliphatic carbocycles. The Morgan fingerprint density at radius 3 is 2.64 bits per heavy atom. The number of hydrogen-bond donors (Lipinski definition) is 2. The highest BCUT2D eigenvalue weighted by Crippen LogP contribution is 2.41. The van der Waals surface area contributed by atoms with Crippen LogP contribution in [0.2, 0.25) is 0 Å². The molecule has 0 spiro atoms. The number of aryl methyl sites for hydroxylation is 1. The van der Waals surface area contributed by atoms with Gasteiger partial charge in [0.15, 0.2) is 5.11 Å². The van der Waals surface area contributed by atoms with E-state index in [1.807, 2.05) is 31.2 Å². The van der Waals surface area contributed by atoms with Crippen LogP contribution in [0, 0.1) is 13.8 Å². The smallest absolute Gasteiger partial charge is 0.335 e. The van der Waals surface area contributed by atoms with Crippen molar-refractivity contribution in [1.82, 2.24) is 24.7 Å². The monoisotopic (exact) mass is 463 g/mol. The maximum Gasteiger partial charge on any atom is 0.335 e. The molecule has 7 nitrogen and oxygen atoms in total. The molecular formula is C25H29N5O2S. The fourth-order valence-electron chi connectivity index (χ4n) is 4.55. The number of carboxylic acids is 1. The van der Waals surface area contributed by atoms with Crippen LogP contribution in [0.15, 0.2) is 54.7 Å². The van der Waals surface area contributed by atoms with Gasteiger partial charge in [0.25, 0.3) is 0 Å². The maximum absolute atomic E-state index is 11.5. The minimum absolute atomic E-state index is 0.0324. The van der Waals surface area contributed by atoms with Gasteiger partial charge in [0.05, 0.1) is 23.3 Å². The summed E-state index contributed by atoms with van der Waals surface area (Å²) in [6.45, 7) is 5.78. The van der Waals surface area contributed by atoms with E-state index in [4.69, 9.17) is 12.2 Å². The third-order valence-electron chi connectivity index (χ3n) is 6.13. The van der Waals surface area contributed by atoms with Crippen molar-refractivity contribution >= 4 is 23.3 Å². The molecule has 0 radical (unpaired) electrons. The van der Waals surface area contributed by atoms with Gasteiger partial charge >= 0.3 is 5.97 Å². The first-order valence-corrected chi connectivity index (χ1v) is 11.3. The molecule has 2 atom stereocenters. The average Bonchev–Trinajstić information content (AvgIpc) is 3.27. The topological polar surface area (TPSA) is 73.6 Å². The number of nitrogens with one attached hydrogen (secondary N) is 1. The Morgan fingerprint density at radius 2 is 1.97 bits per heavy atom. The van der Waals surface area contributed by atoms with Crippen molar-refractivity contribution in [2.24, 2.45) is 0 Å². The van der Waals surface area contributed by atoms with E-state index in [2.05, 4.69) is 51.8 Å². The number of pyridine rings is 1. The van der Waals surface area contributed by atoms with Gasteiger partial charge in [-0.25, -0.2) is 4.79 Å². The molecule has 2 aromatic heterocycles. The minimum Gasteiger partial charge on any atom is -0.478 e. The molecule has 3 heterocycles. The van der Waals surface area contributed by atoms with Crippen molar-refractivity contribution in [3.63, 3.8) is 0 Å². The standard InChI is InChI=1S/C25H29N5O2S/c1-16-14-20(17(2)30(16)19-9-7-8-18(15-19)24(31)32)23-22(21-10-5-6-11-26-21)27-25(33)29(23)13-12-28(3)4/h5-11,14-15,22-23H,12-13H2,1-4H3,(H,27,33)(H,31,32)/t22-,23+/m0/s1. The molecule has 0 amide bonds. The van der Waals surface area contributed by atoms with E-state index < -0.39 is 5.97 Å². The summed E-state index contributed by atoms with van der Waals surface area (Å²) in [6, 6.07) is 15.0. The Bertz CT molecular complexity index is 1170. The largest absolute Gasteiger partial charge is 0.478 e. The van der Waals surface area contributed by atoms with Gasteiger partial charge in [-0.15, -0.1) is 0 Å². The van der Waals surface area contributed by atoms with Gasteiger partial charge in [0.2, 0.25) is 0 Å². The zero-order valence-corrected chi connectivity index (χ0v) is 20.1. The quantitative estimate of drug-likeness (QED) is 0.517. The third kappa shape index (κ3) is 4.49. The molecule has 3 aromatic rings. The maximum atomic E-state index is 11.5. The van der Waals surface area contributed by atoms with Crippen LogP contribution in [0.3, 0.4) is 0 Å². The van der Waals surface area contributed by atoms with Crippen LogP contribution in [-0.4, -0.2) is 62.7 Å². The van der Waals surface area contributed by atoms with Crippen LogP contribution in [0.1, 0.15) is 45.1 Å². The van der Waals surface area contributed by atoms with Gasteiger partial charge < -0.3 is 24.8 Å². The molecule has 0 unspecified atom stereocenters. The molecule has 4 rings (SSSR count). The number of hydrogen-bond acceptors (Lipinski definition) is 4. The molecule has 0 bridgehead atoms. The number of thiocarbonyl (C=S) groups is 1. The number of aromatic carboxylic acids is 1. The predicted octanol–water partition coefficient (Wildman–Crippen LogP) is 3.72. The Labute approximate surface area is 199 Å². The van der Waals surface area contributed by atoms with Crippen molar-refractivity contribution in [2.75, 3.05) is 27.2 Å². The lowest BCUT2D eigenvalue weighted by atomic mass is 9.96. The normalized spacial score (nSPS) is 18.1. The van der Waals surface area contributed by atoms with Crippen molar-refractivity contribution in [2.45, 2.75) is 25.9 Å². The van der Waals surface area contributed by atoms with Gasteiger partial charge in [-0.05, 0) is 82.1 Å². The lowest BCUT2D eigenvalue weighted by Crippen LogP contribution is -2.35. The second-order valence-corrected chi connectivity index (χ2v) is 9.03. The number of benzene rings is 1. The lowest BCUT2D eigenvalue weighted by molar-refractivity contribution is 0.0697. The summed E-state index contributed by atoms with van der Waals surface area (Å²) in [5.74, 6) is -0.935. The van der Waals surface area contributed by atoms with E-state index in [9.17, 15) is 9.90 Å². The number of rotatable bonds is 7. The Balaban J connectivity index is 1.81. The summed E-state index contributed by atoms with van der Waals surface area (Å²) in [5, 5.41) is 13.7. The zero-order valence-electron chi connectivity index (χ0n) is 19.3. The molecule has 1 saturated heterocycles. The van der Waals surface area contributed by atoms with E-state index in [1.54, 1.807) is 24.4 Å². The molecule has 1 aliphatic heterocycles. The van der Waals surface area contributed by atoms with Crippen LogP contribution in [-0.2, 0) is 0 Å². The highest BCUT2D eigenvalue weighted by atomic mass is 32.1. The summed E-state index contributed by atoms with van der Waals surface area (Å²) in [5.41, 5.74) is 5.28. The molecule has 8 heteroatoms. The average molecular weight is 464 g/mol. The van der Waals surface area contributed by atoms with E-state index >= 15 is 0 Å². The highest BCUT2D eigenvalue weighted by Gasteiger charge is 2.41. The van der Waals surface area contributed by atoms with Crippen LogP contribution in [0.25, 0.3) is 5.69 Å². The minimum atomic E-state index is -0.935. The predicted molar refractivity (Wildman–Crippen MR) is 133 cm³/mol. The van der Waals surface area contributed by atoms with Gasteiger partial charge in [-0.2, -0.15) is 0 Å². The summed E-state index contributed by atoms with van der Waals surface area (Å²) in [7, 11) is 4.11. The van der Waals surface area contributed by atoms with E-state index in [-0.39, 0.29) is 17.6 Å². The Morgan fingerprint density at radius 1 is 1.18 bits per heavy atom. The highest BCUT2D eigenvalue weighted by molar-refractivity contribution is 7.80. The van der Waals surface area contributed by atoms with E-state index in [1.165, 1.54) is 0 Å². The summed E-state index contributed by atoms with van der Waals surface area (Å²) in [6.07, 6.45) is 1.81. The lowest BCUT2D eigenvalue weighted by Gasteiger charge is -2.29. The zero-order chi connectivity index (χ0) is 23.7. The van der Waals surface area contributed by atoms with Crippen LogP contribution < -0.4 is 5.32 Å². The van der Waals surface area contributed by atoms with Gasteiger partial charge in [-0.3, -0.25) is 4.98 Å². The van der Waals surface area contributed by atoms with E-state index in [0.717, 1.165) is 46.5 Å².